The largest absolute Gasteiger partial charge is 0.381 e. The molecule has 0 bridgehead atoms. The van der Waals surface area contributed by atoms with Gasteiger partial charge in [-0.25, -0.2) is 4.39 Å². The normalized spacial score (nSPS) is 10.2. The predicted molar refractivity (Wildman–Crippen MR) is 79.2 cm³/mol. The van der Waals surface area contributed by atoms with Gasteiger partial charge in [0.05, 0.1) is 5.69 Å². The van der Waals surface area contributed by atoms with Crippen LogP contribution in [-0.4, -0.2) is 19.6 Å². The van der Waals surface area contributed by atoms with E-state index in [1.807, 2.05) is 24.3 Å². The Kier molecular flexibility index (Phi) is 4.78. The number of nitrogens with zero attached hydrogens (tertiary/aromatic N) is 1. The van der Waals surface area contributed by atoms with Crippen molar-refractivity contribution in [3.8, 4) is 0 Å². The molecular formula is C16H19FN2. The molecule has 0 spiro atoms. The van der Waals surface area contributed by atoms with Crippen LogP contribution in [0.4, 0.5) is 15.8 Å². The topological polar surface area (TPSA) is 15.3 Å². The highest BCUT2D eigenvalue weighted by molar-refractivity contribution is 5.47. The summed E-state index contributed by atoms with van der Waals surface area (Å²) in [6.45, 7) is 4.61. The Morgan fingerprint density at radius 3 is 2.37 bits per heavy atom. The first-order valence-electron chi connectivity index (χ1n) is 6.59. The lowest BCUT2D eigenvalue weighted by atomic mass is 10.2. The van der Waals surface area contributed by atoms with Crippen molar-refractivity contribution in [2.75, 3.05) is 29.9 Å². The van der Waals surface area contributed by atoms with Gasteiger partial charge in [-0.05, 0) is 31.2 Å². The number of nitrogens with one attached hydrogen (secondary N) is 1. The van der Waals surface area contributed by atoms with E-state index in [-0.39, 0.29) is 5.82 Å². The number of para-hydroxylation sites is 2. The van der Waals surface area contributed by atoms with Crippen LogP contribution in [0.25, 0.3) is 0 Å². The minimum atomic E-state index is -0.203. The lowest BCUT2D eigenvalue weighted by Crippen LogP contribution is -2.28. The van der Waals surface area contributed by atoms with Crippen LogP contribution in [-0.2, 0) is 0 Å². The number of hydrogen-bond acceptors (Lipinski definition) is 2. The molecule has 0 aliphatic heterocycles. The fourth-order valence-corrected chi connectivity index (χ4v) is 2.04. The first-order chi connectivity index (χ1) is 9.31. The zero-order valence-corrected chi connectivity index (χ0v) is 11.1. The summed E-state index contributed by atoms with van der Waals surface area (Å²) in [5.41, 5.74) is 1.76. The van der Waals surface area contributed by atoms with E-state index in [0.717, 1.165) is 13.1 Å². The maximum absolute atomic E-state index is 13.4. The molecule has 0 aromatic heterocycles. The molecule has 0 radical (unpaired) electrons. The lowest BCUT2D eigenvalue weighted by molar-refractivity contribution is 0.630. The highest BCUT2D eigenvalue weighted by Crippen LogP contribution is 2.14. The van der Waals surface area contributed by atoms with Crippen molar-refractivity contribution in [2.24, 2.45) is 0 Å². The van der Waals surface area contributed by atoms with Crippen LogP contribution < -0.4 is 10.2 Å². The van der Waals surface area contributed by atoms with Crippen LogP contribution in [0.5, 0.6) is 0 Å². The van der Waals surface area contributed by atoms with Gasteiger partial charge in [-0.15, -0.1) is 0 Å². The van der Waals surface area contributed by atoms with Gasteiger partial charge >= 0.3 is 0 Å². The van der Waals surface area contributed by atoms with Gasteiger partial charge in [-0.3, -0.25) is 0 Å². The first kappa shape index (κ1) is 13.4. The minimum absolute atomic E-state index is 0.203. The third kappa shape index (κ3) is 3.71. The van der Waals surface area contributed by atoms with Gasteiger partial charge in [-0.1, -0.05) is 30.3 Å². The highest BCUT2D eigenvalue weighted by atomic mass is 19.1. The highest BCUT2D eigenvalue weighted by Gasteiger charge is 2.04. The van der Waals surface area contributed by atoms with Crippen LogP contribution in [0, 0.1) is 5.82 Å². The fraction of sp³-hybridized carbons (Fsp3) is 0.250. The Hall–Kier alpha value is -2.03. The van der Waals surface area contributed by atoms with Crippen LogP contribution in [0.15, 0.2) is 54.6 Å². The van der Waals surface area contributed by atoms with Crippen LogP contribution >= 0.6 is 0 Å². The molecule has 2 rings (SSSR count). The van der Waals surface area contributed by atoms with Gasteiger partial charge in [0, 0.05) is 25.3 Å². The van der Waals surface area contributed by atoms with E-state index in [1.165, 1.54) is 11.8 Å². The van der Waals surface area contributed by atoms with E-state index in [4.69, 9.17) is 0 Å². The molecule has 0 fully saturated rings. The average molecular weight is 258 g/mol. The molecule has 0 atom stereocenters. The van der Waals surface area contributed by atoms with E-state index in [2.05, 4.69) is 29.3 Å². The Morgan fingerprint density at radius 1 is 1.00 bits per heavy atom. The summed E-state index contributed by atoms with van der Waals surface area (Å²) >= 11 is 0. The maximum atomic E-state index is 13.4. The minimum Gasteiger partial charge on any atom is -0.381 e. The molecule has 0 heterocycles. The quantitative estimate of drug-likeness (QED) is 0.848. The Bertz CT molecular complexity index is 499. The third-order valence-corrected chi connectivity index (χ3v) is 3.07. The van der Waals surface area contributed by atoms with E-state index >= 15 is 0 Å². The molecule has 1 N–H and O–H groups in total. The van der Waals surface area contributed by atoms with E-state index < -0.39 is 0 Å². The number of halogens is 1. The van der Waals surface area contributed by atoms with Crippen molar-refractivity contribution < 1.29 is 4.39 Å². The van der Waals surface area contributed by atoms with Gasteiger partial charge in [0.25, 0.3) is 0 Å². The number of benzene rings is 2. The molecule has 0 amide bonds. The zero-order chi connectivity index (χ0) is 13.5. The molecule has 19 heavy (non-hydrogen) atoms. The average Bonchev–Trinajstić information content (AvgIpc) is 2.46. The summed E-state index contributed by atoms with van der Waals surface area (Å²) in [5, 5.41) is 3.13. The number of likely N-dealkylation sites (N-methyl/N-ethyl adjacent to an activating group) is 1. The van der Waals surface area contributed by atoms with Crippen molar-refractivity contribution in [3.63, 3.8) is 0 Å². The summed E-state index contributed by atoms with van der Waals surface area (Å²) in [7, 11) is 0. The van der Waals surface area contributed by atoms with Gasteiger partial charge in [-0.2, -0.15) is 0 Å². The zero-order valence-electron chi connectivity index (χ0n) is 11.1. The molecule has 2 aromatic rings. The predicted octanol–water partition coefficient (Wildman–Crippen LogP) is 3.76. The number of anilines is 2. The van der Waals surface area contributed by atoms with Gasteiger partial charge in [0.1, 0.15) is 5.82 Å². The summed E-state index contributed by atoms with van der Waals surface area (Å²) in [4.78, 5) is 2.26. The van der Waals surface area contributed by atoms with E-state index in [0.29, 0.717) is 12.2 Å². The molecular weight excluding hydrogens is 239 g/mol. The van der Waals surface area contributed by atoms with E-state index in [9.17, 15) is 4.39 Å². The van der Waals surface area contributed by atoms with Crippen molar-refractivity contribution in [1.29, 1.82) is 0 Å². The summed E-state index contributed by atoms with van der Waals surface area (Å²) in [6, 6.07) is 17.0. The van der Waals surface area contributed by atoms with Crippen LogP contribution in [0.1, 0.15) is 6.92 Å². The van der Waals surface area contributed by atoms with E-state index in [1.54, 1.807) is 12.1 Å². The van der Waals surface area contributed by atoms with Crippen LogP contribution in [0.3, 0.4) is 0 Å². The Morgan fingerprint density at radius 2 is 1.68 bits per heavy atom. The number of hydrogen-bond donors (Lipinski definition) is 1. The number of rotatable bonds is 6. The second-order valence-electron chi connectivity index (χ2n) is 4.32. The van der Waals surface area contributed by atoms with Crippen LogP contribution in [0.2, 0.25) is 0 Å². The van der Waals surface area contributed by atoms with Crippen molar-refractivity contribution in [1.82, 2.24) is 0 Å². The second-order valence-corrected chi connectivity index (χ2v) is 4.32. The third-order valence-electron chi connectivity index (χ3n) is 3.07. The summed E-state index contributed by atoms with van der Waals surface area (Å²) in [5.74, 6) is -0.203. The van der Waals surface area contributed by atoms with Gasteiger partial charge < -0.3 is 10.2 Å². The van der Waals surface area contributed by atoms with Gasteiger partial charge in [0.2, 0.25) is 0 Å². The molecule has 3 heteroatoms. The van der Waals surface area contributed by atoms with Gasteiger partial charge in [0.15, 0.2) is 0 Å². The molecule has 2 nitrogen and oxygen atoms in total. The smallest absolute Gasteiger partial charge is 0.146 e. The Labute approximate surface area is 113 Å². The molecule has 100 valence electrons. The van der Waals surface area contributed by atoms with Crippen molar-refractivity contribution in [3.05, 3.63) is 60.4 Å². The monoisotopic (exact) mass is 258 g/mol. The fourth-order valence-electron chi connectivity index (χ4n) is 2.04. The second kappa shape index (κ2) is 6.78. The SMILES string of the molecule is CCN(CCNc1ccccc1F)c1ccccc1. The lowest BCUT2D eigenvalue weighted by Gasteiger charge is -2.23. The standard InChI is InChI=1S/C16H19FN2/c1-2-19(14-8-4-3-5-9-14)13-12-18-16-11-7-6-10-15(16)17/h3-11,18H,2,12-13H2,1H3. The van der Waals surface area contributed by atoms with Crippen molar-refractivity contribution >= 4 is 11.4 Å². The molecule has 0 saturated carbocycles. The molecule has 0 aliphatic rings. The summed E-state index contributed by atoms with van der Waals surface area (Å²) in [6.07, 6.45) is 0. The summed E-state index contributed by atoms with van der Waals surface area (Å²) < 4.78 is 13.4. The molecule has 2 aromatic carbocycles. The van der Waals surface area contributed by atoms with Crippen molar-refractivity contribution in [2.45, 2.75) is 6.92 Å². The molecule has 0 aliphatic carbocycles. The maximum Gasteiger partial charge on any atom is 0.146 e. The first-order valence-corrected chi connectivity index (χ1v) is 6.59. The molecule has 0 unspecified atom stereocenters. The Balaban J connectivity index is 1.89. The molecule has 0 saturated heterocycles.